The van der Waals surface area contributed by atoms with E-state index >= 15 is 0 Å². The SMILES string of the molecule is Fc1ccc([C@@H](c2nnnn2Cc2ccccc2)N2CCN(Cc3ccc4c(c3)OCO4)CC2)cc1. The van der Waals surface area contributed by atoms with E-state index in [4.69, 9.17) is 9.47 Å². The highest BCUT2D eigenvalue weighted by molar-refractivity contribution is 5.44. The molecule has 0 radical (unpaired) electrons. The number of nitrogens with zero attached hydrogens (tertiary/aromatic N) is 6. The van der Waals surface area contributed by atoms with Crippen LogP contribution in [0.15, 0.2) is 72.8 Å². The fourth-order valence-corrected chi connectivity index (χ4v) is 4.92. The first-order chi connectivity index (χ1) is 17.7. The quantitative estimate of drug-likeness (QED) is 0.396. The van der Waals surface area contributed by atoms with E-state index in [2.05, 4.69) is 49.6 Å². The molecule has 0 saturated carbocycles. The topological polar surface area (TPSA) is 68.5 Å². The Hall–Kier alpha value is -3.82. The van der Waals surface area contributed by atoms with Crippen LogP contribution >= 0.6 is 0 Å². The van der Waals surface area contributed by atoms with Crippen molar-refractivity contribution in [2.75, 3.05) is 33.0 Å². The normalized spacial score (nSPS) is 16.8. The summed E-state index contributed by atoms with van der Waals surface area (Å²) in [4.78, 5) is 4.82. The van der Waals surface area contributed by atoms with Gasteiger partial charge in [0.1, 0.15) is 5.82 Å². The van der Waals surface area contributed by atoms with Gasteiger partial charge >= 0.3 is 0 Å². The summed E-state index contributed by atoms with van der Waals surface area (Å²) < 4.78 is 26.6. The predicted molar refractivity (Wildman–Crippen MR) is 131 cm³/mol. The van der Waals surface area contributed by atoms with Gasteiger partial charge in [-0.15, -0.1) is 5.10 Å². The van der Waals surface area contributed by atoms with Crippen molar-refractivity contribution in [1.82, 2.24) is 30.0 Å². The largest absolute Gasteiger partial charge is 0.454 e. The Bertz CT molecular complexity index is 1310. The molecule has 8 nitrogen and oxygen atoms in total. The number of fused-ring (bicyclic) bond motifs is 1. The summed E-state index contributed by atoms with van der Waals surface area (Å²) in [6.07, 6.45) is 0. The fraction of sp³-hybridized carbons (Fsp3) is 0.296. The Kier molecular flexibility index (Phi) is 6.31. The summed E-state index contributed by atoms with van der Waals surface area (Å²) >= 11 is 0. The van der Waals surface area contributed by atoms with Crippen LogP contribution in [0.25, 0.3) is 0 Å². The van der Waals surface area contributed by atoms with Gasteiger partial charge in [0, 0.05) is 32.7 Å². The van der Waals surface area contributed by atoms with Crippen molar-refractivity contribution in [2.24, 2.45) is 0 Å². The molecule has 0 spiro atoms. The molecule has 1 fully saturated rings. The number of benzene rings is 3. The molecule has 6 rings (SSSR count). The van der Waals surface area contributed by atoms with E-state index in [-0.39, 0.29) is 18.7 Å². The summed E-state index contributed by atoms with van der Waals surface area (Å²) in [6, 6.07) is 22.8. The van der Waals surface area contributed by atoms with Crippen molar-refractivity contribution in [2.45, 2.75) is 19.1 Å². The highest BCUT2D eigenvalue weighted by Crippen LogP contribution is 2.33. The molecule has 184 valence electrons. The minimum absolute atomic E-state index is 0.169. The standard InChI is InChI=1S/C27H27FN6O2/c28-23-9-7-22(8-10-23)26(27-29-30-31-34(27)18-20-4-2-1-3-5-20)33-14-12-32(13-15-33)17-21-6-11-24-25(16-21)36-19-35-24/h1-11,16,26H,12-15,17-19H2/t26-/m0/s1. The van der Waals surface area contributed by atoms with Gasteiger partial charge in [0.2, 0.25) is 6.79 Å². The Morgan fingerprint density at radius 3 is 2.39 bits per heavy atom. The van der Waals surface area contributed by atoms with Crippen molar-refractivity contribution in [1.29, 1.82) is 0 Å². The first-order valence-electron chi connectivity index (χ1n) is 12.1. The van der Waals surface area contributed by atoms with Gasteiger partial charge in [-0.25, -0.2) is 9.07 Å². The first-order valence-corrected chi connectivity index (χ1v) is 12.1. The molecular weight excluding hydrogens is 459 g/mol. The molecule has 1 atom stereocenters. The van der Waals surface area contributed by atoms with E-state index in [0.717, 1.165) is 61.2 Å². The minimum atomic E-state index is -0.255. The van der Waals surface area contributed by atoms with Crippen molar-refractivity contribution in [3.05, 3.63) is 101 Å². The van der Waals surface area contributed by atoms with Gasteiger partial charge in [0.05, 0.1) is 12.6 Å². The van der Waals surface area contributed by atoms with Gasteiger partial charge in [-0.3, -0.25) is 9.80 Å². The van der Waals surface area contributed by atoms with Crippen LogP contribution in [0.5, 0.6) is 11.5 Å². The molecule has 1 aromatic heterocycles. The lowest BCUT2D eigenvalue weighted by molar-refractivity contribution is 0.100. The smallest absolute Gasteiger partial charge is 0.231 e. The summed E-state index contributed by atoms with van der Waals surface area (Å²) in [6.45, 7) is 5.17. The average Bonchev–Trinajstić information content (AvgIpc) is 3.56. The van der Waals surface area contributed by atoms with Crippen molar-refractivity contribution >= 4 is 0 Å². The summed E-state index contributed by atoms with van der Waals surface area (Å²) in [7, 11) is 0. The van der Waals surface area contributed by atoms with E-state index in [1.54, 1.807) is 0 Å². The maximum absolute atomic E-state index is 13.8. The van der Waals surface area contributed by atoms with Crippen LogP contribution < -0.4 is 9.47 Å². The van der Waals surface area contributed by atoms with Crippen LogP contribution in [0, 0.1) is 5.82 Å². The Morgan fingerprint density at radius 1 is 0.806 bits per heavy atom. The lowest BCUT2D eigenvalue weighted by atomic mass is 10.0. The van der Waals surface area contributed by atoms with E-state index < -0.39 is 0 Å². The number of tetrazole rings is 1. The Morgan fingerprint density at radius 2 is 1.58 bits per heavy atom. The minimum Gasteiger partial charge on any atom is -0.454 e. The monoisotopic (exact) mass is 486 g/mol. The third-order valence-corrected chi connectivity index (χ3v) is 6.78. The molecule has 0 amide bonds. The van der Waals surface area contributed by atoms with Crippen LogP contribution in [-0.4, -0.2) is 63.0 Å². The van der Waals surface area contributed by atoms with Gasteiger partial charge < -0.3 is 9.47 Å². The third-order valence-electron chi connectivity index (χ3n) is 6.78. The van der Waals surface area contributed by atoms with E-state index in [1.165, 1.54) is 17.7 Å². The van der Waals surface area contributed by atoms with Crippen molar-refractivity contribution in [3.63, 3.8) is 0 Å². The molecule has 2 aliphatic heterocycles. The third kappa shape index (κ3) is 4.80. The van der Waals surface area contributed by atoms with Crippen LogP contribution in [0.3, 0.4) is 0 Å². The second-order valence-electron chi connectivity index (χ2n) is 9.13. The number of hydrogen-bond acceptors (Lipinski definition) is 7. The highest BCUT2D eigenvalue weighted by atomic mass is 19.1. The van der Waals surface area contributed by atoms with Gasteiger partial charge in [0.25, 0.3) is 0 Å². The summed E-state index contributed by atoms with van der Waals surface area (Å²) in [5.41, 5.74) is 3.30. The lowest BCUT2D eigenvalue weighted by Gasteiger charge is -2.39. The molecule has 3 heterocycles. The van der Waals surface area contributed by atoms with Crippen LogP contribution in [0.1, 0.15) is 28.6 Å². The highest BCUT2D eigenvalue weighted by Gasteiger charge is 2.31. The molecule has 1 saturated heterocycles. The zero-order valence-corrected chi connectivity index (χ0v) is 19.8. The number of piperazine rings is 1. The Balaban J connectivity index is 1.21. The lowest BCUT2D eigenvalue weighted by Crippen LogP contribution is -2.48. The molecule has 2 aliphatic rings. The maximum Gasteiger partial charge on any atom is 0.231 e. The maximum atomic E-state index is 13.8. The van der Waals surface area contributed by atoms with Gasteiger partial charge in [0.15, 0.2) is 17.3 Å². The molecule has 9 heteroatoms. The van der Waals surface area contributed by atoms with Crippen molar-refractivity contribution < 1.29 is 13.9 Å². The molecule has 0 unspecified atom stereocenters. The number of rotatable bonds is 7. The van der Waals surface area contributed by atoms with Crippen LogP contribution in [0.4, 0.5) is 4.39 Å². The predicted octanol–water partition coefficient (Wildman–Crippen LogP) is 3.50. The number of aromatic nitrogens is 4. The second kappa shape index (κ2) is 10.0. The van der Waals surface area contributed by atoms with Crippen molar-refractivity contribution in [3.8, 4) is 11.5 Å². The van der Waals surface area contributed by atoms with Crippen LogP contribution in [0.2, 0.25) is 0 Å². The summed E-state index contributed by atoms with van der Waals surface area (Å²) in [5.74, 6) is 2.12. The van der Waals surface area contributed by atoms with Crippen LogP contribution in [-0.2, 0) is 13.1 Å². The molecule has 3 aromatic carbocycles. The molecule has 36 heavy (non-hydrogen) atoms. The molecular formula is C27H27FN6O2. The first kappa shape index (κ1) is 22.6. The van der Waals surface area contributed by atoms with Gasteiger partial charge in [-0.05, 0) is 51.4 Å². The Labute approximate surface area is 208 Å². The van der Waals surface area contributed by atoms with E-state index in [1.807, 2.05) is 41.1 Å². The molecule has 0 bridgehead atoms. The molecule has 4 aromatic rings. The second-order valence-corrected chi connectivity index (χ2v) is 9.13. The molecule has 0 N–H and O–H groups in total. The number of hydrogen-bond donors (Lipinski definition) is 0. The zero-order valence-electron chi connectivity index (χ0n) is 19.8. The van der Waals surface area contributed by atoms with Gasteiger partial charge in [-0.2, -0.15) is 0 Å². The van der Waals surface area contributed by atoms with E-state index in [9.17, 15) is 4.39 Å². The zero-order chi connectivity index (χ0) is 24.3. The number of halogens is 1. The number of ether oxygens (including phenoxy) is 2. The fourth-order valence-electron chi connectivity index (χ4n) is 4.92. The van der Waals surface area contributed by atoms with Gasteiger partial charge in [-0.1, -0.05) is 48.5 Å². The average molecular weight is 487 g/mol. The summed E-state index contributed by atoms with van der Waals surface area (Å²) in [5, 5.41) is 12.7. The molecule has 0 aliphatic carbocycles. The van der Waals surface area contributed by atoms with E-state index in [0.29, 0.717) is 6.54 Å².